The van der Waals surface area contributed by atoms with E-state index in [9.17, 15) is 0 Å². The minimum atomic E-state index is -4.01. The zero-order valence-corrected chi connectivity index (χ0v) is 10.6. The summed E-state index contributed by atoms with van der Waals surface area (Å²) in [5.74, 6) is 1.39. The van der Waals surface area contributed by atoms with Crippen LogP contribution in [0.1, 0.15) is 25.0 Å². The molecule has 1 aromatic carbocycles. The molecule has 0 aliphatic heterocycles. The number of halogens is 1. The summed E-state index contributed by atoms with van der Waals surface area (Å²) in [6.07, 6.45) is 0. The fraction of sp³-hybridized carbons (Fsp3) is 0.300. The highest BCUT2D eigenvalue weighted by molar-refractivity contribution is 5.35. The van der Waals surface area contributed by atoms with Gasteiger partial charge < -0.3 is 10.3 Å². The molecule has 0 aliphatic rings. The minimum absolute atomic E-state index is 1.36. The number of benzene rings is 1. The summed E-state index contributed by atoms with van der Waals surface area (Å²) in [6, 6.07) is 8.45. The van der Waals surface area contributed by atoms with E-state index in [2.05, 4.69) is 45.0 Å². The van der Waals surface area contributed by atoms with Crippen molar-refractivity contribution in [1.29, 1.82) is 0 Å². The van der Waals surface area contributed by atoms with Crippen LogP contribution in [-0.2, 0) is 0 Å². The molecule has 0 aromatic heterocycles. The first-order valence-electron chi connectivity index (χ1n) is 4.04. The molecule has 1 aromatic rings. The normalized spacial score (nSPS) is 9.36. The van der Waals surface area contributed by atoms with E-state index >= 15 is 0 Å². The SMILES string of the molecule is Cc1ccccc1[C+](C)C.[O-][I+2]([O-])[O-]. The van der Waals surface area contributed by atoms with Gasteiger partial charge in [-0.15, -0.1) is 0 Å². The van der Waals surface area contributed by atoms with Gasteiger partial charge in [0.1, 0.15) is 5.56 Å². The van der Waals surface area contributed by atoms with Gasteiger partial charge in [0.05, 0.1) is 5.56 Å². The second-order valence-corrected chi connectivity index (χ2v) is 4.08. The third kappa shape index (κ3) is 6.20. The van der Waals surface area contributed by atoms with Gasteiger partial charge in [0, 0.05) is 32.8 Å². The average molecular weight is 308 g/mol. The molecule has 0 N–H and O–H groups in total. The molecule has 0 saturated heterocycles. The quantitative estimate of drug-likeness (QED) is 0.398. The lowest BCUT2D eigenvalue weighted by Gasteiger charge is -1.97. The summed E-state index contributed by atoms with van der Waals surface area (Å²) in [4.78, 5) is 0. The van der Waals surface area contributed by atoms with Crippen molar-refractivity contribution >= 4 is 0 Å². The molecule has 1 rings (SSSR count). The van der Waals surface area contributed by atoms with Crippen LogP contribution in [0.4, 0.5) is 0 Å². The largest absolute Gasteiger partial charge is 0.427 e. The van der Waals surface area contributed by atoms with Crippen molar-refractivity contribution in [3.63, 3.8) is 0 Å². The Kier molecular flexibility index (Phi) is 6.90. The van der Waals surface area contributed by atoms with Crippen LogP contribution in [0.15, 0.2) is 24.3 Å². The maximum Gasteiger partial charge on any atom is 0.282 e. The fourth-order valence-corrected chi connectivity index (χ4v) is 1.13. The highest BCUT2D eigenvalue weighted by Crippen LogP contribution is 2.16. The topological polar surface area (TPSA) is 69.2 Å². The van der Waals surface area contributed by atoms with Crippen LogP contribution >= 0.6 is 0 Å². The molecule has 0 amide bonds. The number of hydrogen-bond donors (Lipinski definition) is 0. The molecule has 0 bridgehead atoms. The average Bonchev–Trinajstić information content (AvgIpc) is 2.03. The van der Waals surface area contributed by atoms with Gasteiger partial charge in [-0.3, -0.25) is 0 Å². The lowest BCUT2D eigenvalue weighted by molar-refractivity contribution is -1.73. The molecule has 4 heteroatoms. The zero-order valence-electron chi connectivity index (χ0n) is 8.41. The van der Waals surface area contributed by atoms with Gasteiger partial charge in [-0.1, -0.05) is 0 Å². The van der Waals surface area contributed by atoms with Crippen molar-refractivity contribution in [1.82, 2.24) is 0 Å². The highest BCUT2D eigenvalue weighted by Gasteiger charge is 2.09. The van der Waals surface area contributed by atoms with Gasteiger partial charge in [0.25, 0.3) is 21.1 Å². The van der Waals surface area contributed by atoms with E-state index in [0.717, 1.165) is 0 Å². The monoisotopic (exact) mass is 308 g/mol. The van der Waals surface area contributed by atoms with Crippen LogP contribution in [0, 0.1) is 12.8 Å². The van der Waals surface area contributed by atoms with Crippen LogP contribution in [-0.4, -0.2) is 0 Å². The van der Waals surface area contributed by atoms with Crippen molar-refractivity contribution < 1.29 is 31.4 Å². The van der Waals surface area contributed by atoms with Crippen molar-refractivity contribution in [3.8, 4) is 0 Å². The van der Waals surface area contributed by atoms with Crippen molar-refractivity contribution in [2.75, 3.05) is 0 Å². The predicted molar refractivity (Wildman–Crippen MR) is 44.9 cm³/mol. The maximum atomic E-state index is 8.57. The van der Waals surface area contributed by atoms with Gasteiger partial charge in [-0.25, -0.2) is 0 Å². The lowest BCUT2D eigenvalue weighted by Crippen LogP contribution is -4.05. The van der Waals surface area contributed by atoms with Gasteiger partial charge in [-0.2, -0.15) is 0 Å². The van der Waals surface area contributed by atoms with Crippen molar-refractivity contribution in [3.05, 3.63) is 41.3 Å². The van der Waals surface area contributed by atoms with Crippen LogP contribution < -0.4 is 31.4 Å². The van der Waals surface area contributed by atoms with Gasteiger partial charge in [0.15, 0.2) is 0 Å². The first-order chi connectivity index (χ1) is 6.45. The van der Waals surface area contributed by atoms with Gasteiger partial charge in [-0.05, 0) is 18.2 Å². The highest BCUT2D eigenvalue weighted by atomic mass is 127. The van der Waals surface area contributed by atoms with E-state index < -0.39 is 21.1 Å². The summed E-state index contributed by atoms with van der Waals surface area (Å²) in [6.45, 7) is 6.42. The second-order valence-electron chi connectivity index (χ2n) is 3.00. The smallest absolute Gasteiger partial charge is 0.282 e. The van der Waals surface area contributed by atoms with Crippen LogP contribution in [0.5, 0.6) is 0 Å². The third-order valence-electron chi connectivity index (χ3n) is 1.68. The van der Waals surface area contributed by atoms with E-state index in [1.165, 1.54) is 17.0 Å². The molecule has 78 valence electrons. The molecule has 0 unspecified atom stereocenters. The summed E-state index contributed by atoms with van der Waals surface area (Å²) in [5.41, 5.74) is 2.74. The van der Waals surface area contributed by atoms with Gasteiger partial charge in [0.2, 0.25) is 0 Å². The first kappa shape index (κ1) is 13.7. The second kappa shape index (κ2) is 7.05. The molecule has 0 radical (unpaired) electrons. The maximum absolute atomic E-state index is 8.57. The van der Waals surface area contributed by atoms with E-state index in [0.29, 0.717) is 0 Å². The number of hydrogen-bond acceptors (Lipinski definition) is 3. The Balaban J connectivity index is 0.000000364. The summed E-state index contributed by atoms with van der Waals surface area (Å²) < 4.78 is 25.7. The number of aryl methyl sites for hydroxylation is 1. The zero-order chi connectivity index (χ0) is 11.1. The molecule has 14 heavy (non-hydrogen) atoms. The Morgan fingerprint density at radius 3 is 1.79 bits per heavy atom. The molecular weight excluding hydrogens is 295 g/mol. The molecule has 0 aliphatic carbocycles. The van der Waals surface area contributed by atoms with E-state index in [1.807, 2.05) is 0 Å². The molecule has 0 spiro atoms. The molecular formula is C10H13IO3. The molecule has 0 fully saturated rings. The molecule has 0 saturated carbocycles. The van der Waals surface area contributed by atoms with Gasteiger partial charge >= 0.3 is 0 Å². The summed E-state index contributed by atoms with van der Waals surface area (Å²) in [7, 11) is 0. The van der Waals surface area contributed by atoms with E-state index in [-0.39, 0.29) is 0 Å². The van der Waals surface area contributed by atoms with Crippen molar-refractivity contribution in [2.24, 2.45) is 0 Å². The Morgan fingerprint density at radius 2 is 1.50 bits per heavy atom. The summed E-state index contributed by atoms with van der Waals surface area (Å²) >= 11 is -4.01. The van der Waals surface area contributed by atoms with E-state index in [1.54, 1.807) is 0 Å². The van der Waals surface area contributed by atoms with Crippen molar-refractivity contribution in [2.45, 2.75) is 20.8 Å². The standard InChI is InChI=1S/C10H13.IO3/c1-8(2)10-7-5-4-6-9(10)3;2-1(3)4/h4-7H,1-3H3;/q+1;-1. The Hall–Kier alpha value is -0.300. The summed E-state index contributed by atoms with van der Waals surface area (Å²) in [5, 5.41) is 0. The number of rotatable bonds is 1. The first-order valence-corrected chi connectivity index (χ1v) is 6.68. The fourth-order valence-electron chi connectivity index (χ4n) is 1.13. The molecule has 0 heterocycles. The lowest BCUT2D eigenvalue weighted by atomic mass is 9.99. The molecule has 3 nitrogen and oxygen atoms in total. The Labute approximate surface area is 93.4 Å². The van der Waals surface area contributed by atoms with Crippen LogP contribution in [0.3, 0.4) is 0 Å². The Bertz CT molecular complexity index is 259. The van der Waals surface area contributed by atoms with Crippen LogP contribution in [0.25, 0.3) is 0 Å². The molecule has 0 atom stereocenters. The predicted octanol–water partition coefficient (Wildman–Crippen LogP) is -3.61. The Morgan fingerprint density at radius 1 is 1.07 bits per heavy atom. The third-order valence-corrected chi connectivity index (χ3v) is 1.68. The van der Waals surface area contributed by atoms with E-state index in [4.69, 9.17) is 10.3 Å². The minimum Gasteiger partial charge on any atom is -0.427 e. The van der Waals surface area contributed by atoms with Crippen LogP contribution in [0.2, 0.25) is 0 Å².